The number of aromatic nitrogens is 1. The number of fused-ring (bicyclic) bond motifs is 1. The summed E-state index contributed by atoms with van der Waals surface area (Å²) in [5.41, 5.74) is 9.33. The van der Waals surface area contributed by atoms with Gasteiger partial charge < -0.3 is 4.98 Å². The molecule has 0 saturated carbocycles. The molecule has 1 aromatic heterocycles. The van der Waals surface area contributed by atoms with Gasteiger partial charge in [-0.1, -0.05) is 78.4 Å². The topological polar surface area (TPSA) is 15.8 Å². The Hall–Kier alpha value is -2.71. The highest BCUT2D eigenvalue weighted by molar-refractivity contribution is 8.09. The molecule has 3 aromatic carbocycles. The van der Waals surface area contributed by atoms with Crippen molar-refractivity contribution < 1.29 is 0 Å². The quantitative estimate of drug-likeness (QED) is 0.388. The van der Waals surface area contributed by atoms with Crippen molar-refractivity contribution in [3.8, 4) is 0 Å². The van der Waals surface area contributed by atoms with E-state index in [1.165, 1.54) is 49.3 Å². The molecule has 0 fully saturated rings. The van der Waals surface area contributed by atoms with Crippen LogP contribution in [0.3, 0.4) is 0 Å². The minimum absolute atomic E-state index is 0.457. The van der Waals surface area contributed by atoms with Crippen molar-refractivity contribution in [2.45, 2.75) is 25.5 Å². The van der Waals surface area contributed by atoms with E-state index in [9.17, 15) is 0 Å². The zero-order valence-electron chi connectivity index (χ0n) is 16.2. The SMILES string of the molecule is Cc1ccc(C2=C(c3[nH]c4ccccc4c3C)CC(c3ccccc3)S2)cc1. The van der Waals surface area contributed by atoms with Gasteiger partial charge in [0.1, 0.15) is 0 Å². The molecule has 2 heterocycles. The highest BCUT2D eigenvalue weighted by Crippen LogP contribution is 2.55. The summed E-state index contributed by atoms with van der Waals surface area (Å²) in [6.45, 7) is 4.39. The summed E-state index contributed by atoms with van der Waals surface area (Å²) in [6, 6.07) is 28.5. The molecule has 1 aliphatic rings. The average Bonchev–Trinajstić information content (AvgIpc) is 3.31. The normalized spacial score (nSPS) is 16.9. The zero-order chi connectivity index (χ0) is 19.1. The highest BCUT2D eigenvalue weighted by Gasteiger charge is 2.29. The molecular weight excluding hydrogens is 358 g/mol. The van der Waals surface area contributed by atoms with Gasteiger partial charge in [0.15, 0.2) is 0 Å². The summed E-state index contributed by atoms with van der Waals surface area (Å²) >= 11 is 2.00. The first-order valence-electron chi connectivity index (χ1n) is 9.80. The minimum Gasteiger partial charge on any atom is -0.355 e. The Labute approximate surface area is 170 Å². The summed E-state index contributed by atoms with van der Waals surface area (Å²) in [5, 5.41) is 1.78. The van der Waals surface area contributed by atoms with E-state index in [1.54, 1.807) is 0 Å². The van der Waals surface area contributed by atoms with Gasteiger partial charge in [0, 0.05) is 26.8 Å². The van der Waals surface area contributed by atoms with Crippen molar-refractivity contribution in [2.24, 2.45) is 0 Å². The van der Waals surface area contributed by atoms with Gasteiger partial charge in [-0.3, -0.25) is 0 Å². The van der Waals surface area contributed by atoms with E-state index in [-0.39, 0.29) is 0 Å². The highest BCUT2D eigenvalue weighted by atomic mass is 32.2. The van der Waals surface area contributed by atoms with Gasteiger partial charge in [0.05, 0.1) is 0 Å². The number of nitrogens with one attached hydrogen (secondary N) is 1. The Balaban J connectivity index is 1.66. The Morgan fingerprint density at radius 2 is 1.54 bits per heavy atom. The van der Waals surface area contributed by atoms with Crippen molar-refractivity contribution in [3.63, 3.8) is 0 Å². The number of benzene rings is 3. The molecule has 0 spiro atoms. The molecule has 1 nitrogen and oxygen atoms in total. The van der Waals surface area contributed by atoms with Crippen molar-refractivity contribution in [1.82, 2.24) is 4.98 Å². The van der Waals surface area contributed by atoms with Crippen LogP contribution in [0, 0.1) is 13.8 Å². The lowest BCUT2D eigenvalue weighted by molar-refractivity contribution is 0.997. The third kappa shape index (κ3) is 2.98. The summed E-state index contributed by atoms with van der Waals surface area (Å²) in [5.74, 6) is 0. The first-order chi connectivity index (χ1) is 13.7. The number of rotatable bonds is 3. The molecule has 0 amide bonds. The molecule has 138 valence electrons. The molecule has 1 unspecified atom stereocenters. The molecule has 4 aromatic rings. The Morgan fingerprint density at radius 3 is 2.29 bits per heavy atom. The van der Waals surface area contributed by atoms with Crippen LogP contribution in [0.2, 0.25) is 0 Å². The lowest BCUT2D eigenvalue weighted by atomic mass is 9.97. The largest absolute Gasteiger partial charge is 0.355 e. The second-order valence-corrected chi connectivity index (χ2v) is 8.78. The van der Waals surface area contributed by atoms with Crippen LogP contribution in [-0.4, -0.2) is 4.98 Å². The monoisotopic (exact) mass is 381 g/mol. The van der Waals surface area contributed by atoms with E-state index >= 15 is 0 Å². The number of hydrogen-bond acceptors (Lipinski definition) is 1. The standard InChI is InChI=1S/C26H23NS/c1-17-12-14-20(15-13-17)26-22(16-24(28-26)19-8-4-3-5-9-19)25-18(2)21-10-6-7-11-23(21)27-25/h3-15,24,27H,16H2,1-2H3. The Kier molecular flexibility index (Phi) is 4.37. The van der Waals surface area contributed by atoms with Crippen molar-refractivity contribution in [2.75, 3.05) is 0 Å². The fourth-order valence-electron chi connectivity index (χ4n) is 4.13. The Bertz CT molecular complexity index is 1170. The van der Waals surface area contributed by atoms with E-state index in [4.69, 9.17) is 0 Å². The fraction of sp³-hybridized carbons (Fsp3) is 0.154. The lowest BCUT2D eigenvalue weighted by Gasteiger charge is -2.10. The Morgan fingerprint density at radius 1 is 0.821 bits per heavy atom. The number of hydrogen-bond donors (Lipinski definition) is 1. The van der Waals surface area contributed by atoms with Gasteiger partial charge in [0.2, 0.25) is 0 Å². The number of para-hydroxylation sites is 1. The molecule has 0 bridgehead atoms. The molecule has 1 atom stereocenters. The average molecular weight is 382 g/mol. The van der Waals surface area contributed by atoms with Crippen LogP contribution in [0.5, 0.6) is 0 Å². The maximum Gasteiger partial charge on any atom is 0.0465 e. The van der Waals surface area contributed by atoms with E-state index in [2.05, 4.69) is 97.7 Å². The zero-order valence-corrected chi connectivity index (χ0v) is 17.0. The van der Waals surface area contributed by atoms with Gasteiger partial charge in [-0.2, -0.15) is 0 Å². The van der Waals surface area contributed by atoms with Gasteiger partial charge in [0.25, 0.3) is 0 Å². The van der Waals surface area contributed by atoms with Crippen LogP contribution in [-0.2, 0) is 0 Å². The first-order valence-corrected chi connectivity index (χ1v) is 10.7. The molecule has 0 radical (unpaired) electrons. The minimum atomic E-state index is 0.457. The van der Waals surface area contributed by atoms with Crippen LogP contribution < -0.4 is 0 Å². The first kappa shape index (κ1) is 17.4. The van der Waals surface area contributed by atoms with E-state index in [0.29, 0.717) is 5.25 Å². The predicted octanol–water partition coefficient (Wildman–Crippen LogP) is 7.53. The molecular formula is C26H23NS. The maximum absolute atomic E-state index is 3.72. The molecule has 0 aliphatic carbocycles. The van der Waals surface area contributed by atoms with E-state index in [1.807, 2.05) is 11.8 Å². The fourth-order valence-corrected chi connectivity index (χ4v) is 5.56. The molecule has 5 rings (SSSR count). The smallest absolute Gasteiger partial charge is 0.0465 e. The third-order valence-corrected chi connectivity index (χ3v) is 7.12. The lowest BCUT2D eigenvalue weighted by Crippen LogP contribution is -1.91. The predicted molar refractivity (Wildman–Crippen MR) is 122 cm³/mol. The number of allylic oxidation sites excluding steroid dienone is 1. The number of H-pyrrole nitrogens is 1. The van der Waals surface area contributed by atoms with Crippen LogP contribution in [0.15, 0.2) is 78.9 Å². The second kappa shape index (κ2) is 7.03. The van der Waals surface area contributed by atoms with Crippen LogP contribution >= 0.6 is 11.8 Å². The summed E-state index contributed by atoms with van der Waals surface area (Å²) < 4.78 is 0. The maximum atomic E-state index is 3.72. The molecule has 0 saturated heterocycles. The van der Waals surface area contributed by atoms with E-state index in [0.717, 1.165) is 6.42 Å². The molecule has 2 heteroatoms. The molecule has 1 aliphatic heterocycles. The van der Waals surface area contributed by atoms with E-state index < -0.39 is 0 Å². The summed E-state index contributed by atoms with van der Waals surface area (Å²) in [6.07, 6.45) is 1.05. The van der Waals surface area contributed by atoms with Gasteiger partial charge in [-0.25, -0.2) is 0 Å². The van der Waals surface area contributed by atoms with Crippen LogP contribution in [0.1, 0.15) is 39.6 Å². The van der Waals surface area contributed by atoms with Gasteiger partial charge in [-0.15, -0.1) is 11.8 Å². The number of aromatic amines is 1. The number of aryl methyl sites for hydroxylation is 2. The molecule has 1 N–H and O–H groups in total. The summed E-state index contributed by atoms with van der Waals surface area (Å²) in [7, 11) is 0. The van der Waals surface area contributed by atoms with Crippen molar-refractivity contribution in [3.05, 3.63) is 107 Å². The van der Waals surface area contributed by atoms with Crippen molar-refractivity contribution >= 4 is 33.1 Å². The number of thioether (sulfide) groups is 1. The van der Waals surface area contributed by atoms with Crippen LogP contribution in [0.4, 0.5) is 0 Å². The van der Waals surface area contributed by atoms with Gasteiger partial charge in [-0.05, 0) is 48.6 Å². The van der Waals surface area contributed by atoms with Crippen LogP contribution in [0.25, 0.3) is 21.4 Å². The van der Waals surface area contributed by atoms with Gasteiger partial charge >= 0.3 is 0 Å². The summed E-state index contributed by atoms with van der Waals surface area (Å²) in [4.78, 5) is 5.12. The van der Waals surface area contributed by atoms with Crippen molar-refractivity contribution in [1.29, 1.82) is 0 Å². The second-order valence-electron chi connectivity index (χ2n) is 7.57. The third-order valence-electron chi connectivity index (χ3n) is 5.68. The molecule has 28 heavy (non-hydrogen) atoms.